The van der Waals surface area contributed by atoms with Gasteiger partial charge in [-0.15, -0.1) is 0 Å². The zero-order chi connectivity index (χ0) is 12.4. The van der Waals surface area contributed by atoms with E-state index in [0.717, 1.165) is 0 Å². The summed E-state index contributed by atoms with van der Waals surface area (Å²) < 4.78 is 6.79. The van der Waals surface area contributed by atoms with Crippen molar-refractivity contribution >= 4 is 11.5 Å². The predicted octanol–water partition coefficient (Wildman–Crippen LogP) is 0.915. The van der Waals surface area contributed by atoms with Gasteiger partial charge in [-0.1, -0.05) is 6.08 Å². The number of ketones is 1. The van der Waals surface area contributed by atoms with Crippen LogP contribution in [-0.4, -0.2) is 27.1 Å². The van der Waals surface area contributed by atoms with Gasteiger partial charge in [-0.05, 0) is 6.08 Å². The Morgan fingerprint density at radius 2 is 2.41 bits per heavy atom. The zero-order valence-electron chi connectivity index (χ0n) is 9.20. The van der Waals surface area contributed by atoms with E-state index in [2.05, 4.69) is 5.10 Å². The summed E-state index contributed by atoms with van der Waals surface area (Å²) in [6.45, 7) is 0.263. The monoisotopic (exact) mass is 237 g/mol. The van der Waals surface area contributed by atoms with Crippen LogP contribution in [-0.2, 0) is 16.6 Å². The third-order valence-corrected chi connectivity index (χ3v) is 2.55. The van der Waals surface area contributed by atoms with Crippen LogP contribution in [0.2, 0.25) is 0 Å². The molecule has 1 unspecified atom stereocenters. The van der Waals surface area contributed by atoms with E-state index in [1.807, 2.05) is 0 Å². The maximum absolute atomic E-state index is 11.4. The van der Waals surface area contributed by atoms with E-state index in [0.29, 0.717) is 5.69 Å². The minimum Gasteiger partial charge on any atom is -0.367 e. The van der Waals surface area contributed by atoms with Crippen molar-refractivity contribution in [1.82, 2.24) is 9.78 Å². The Morgan fingerprint density at radius 3 is 3.12 bits per heavy atom. The molecule has 1 aromatic rings. The molecule has 0 radical (unpaired) electrons. The lowest BCUT2D eigenvalue weighted by molar-refractivity contribution is -0.386. The van der Waals surface area contributed by atoms with Crippen LogP contribution < -0.4 is 0 Å². The van der Waals surface area contributed by atoms with E-state index in [4.69, 9.17) is 4.74 Å². The normalized spacial score (nSPS) is 20.3. The third kappa shape index (κ3) is 2.23. The van der Waals surface area contributed by atoms with Gasteiger partial charge in [0.2, 0.25) is 0 Å². The number of hydrogen-bond acceptors (Lipinski definition) is 5. The molecule has 0 spiro atoms. The quantitative estimate of drug-likeness (QED) is 0.563. The van der Waals surface area contributed by atoms with Crippen LogP contribution in [0, 0.1) is 10.1 Å². The number of hydrogen-bond donors (Lipinski definition) is 0. The molecule has 7 heteroatoms. The lowest BCUT2D eigenvalue weighted by Gasteiger charge is -2.13. The second-order valence-corrected chi connectivity index (χ2v) is 3.69. The topological polar surface area (TPSA) is 87.3 Å². The van der Waals surface area contributed by atoms with E-state index in [1.165, 1.54) is 17.0 Å². The fourth-order valence-corrected chi connectivity index (χ4v) is 1.79. The molecular weight excluding hydrogens is 226 g/mol. The summed E-state index contributed by atoms with van der Waals surface area (Å²) in [5.74, 6) is -0.108. The van der Waals surface area contributed by atoms with E-state index in [1.54, 1.807) is 13.1 Å². The number of nitrogens with zero attached hydrogens (tertiary/aromatic N) is 3. The average Bonchev–Trinajstić information content (AvgIpc) is 2.52. The number of ether oxygens (including phenoxy) is 1. The van der Waals surface area contributed by atoms with Gasteiger partial charge < -0.3 is 4.74 Å². The Balaban J connectivity index is 2.36. The molecule has 0 amide bonds. The number of aryl methyl sites for hydroxylation is 1. The first-order valence-electron chi connectivity index (χ1n) is 5.07. The maximum atomic E-state index is 11.4. The summed E-state index contributed by atoms with van der Waals surface area (Å²) in [7, 11) is 1.59. The van der Waals surface area contributed by atoms with Crippen LogP contribution in [0.25, 0.3) is 0 Å². The van der Waals surface area contributed by atoms with E-state index >= 15 is 0 Å². The summed E-state index contributed by atoms with van der Waals surface area (Å²) in [4.78, 5) is 21.7. The number of allylic oxidation sites excluding steroid dienone is 1. The Labute approximate surface area is 96.8 Å². The summed E-state index contributed by atoms with van der Waals surface area (Å²) in [5, 5.41) is 14.7. The first-order chi connectivity index (χ1) is 8.09. The Kier molecular flexibility index (Phi) is 3.01. The van der Waals surface area contributed by atoms with Crippen LogP contribution in [0.1, 0.15) is 18.2 Å². The SMILES string of the molecule is Cn1ncc([N+](=O)[O-])c1C1CC(=O)C=CCO1. The standard InChI is InChI=1S/C10H11N3O4/c1-12-10(8(6-11-12)13(15)16)9-5-7(14)3-2-4-17-9/h2-3,6,9H,4-5H2,1H3. The molecule has 90 valence electrons. The lowest BCUT2D eigenvalue weighted by atomic mass is 10.1. The Bertz CT molecular complexity index is 492. The summed E-state index contributed by atoms with van der Waals surface area (Å²) in [6.07, 6.45) is 3.68. The van der Waals surface area contributed by atoms with E-state index in [9.17, 15) is 14.9 Å². The van der Waals surface area contributed by atoms with Crippen molar-refractivity contribution in [2.75, 3.05) is 6.61 Å². The fourth-order valence-electron chi connectivity index (χ4n) is 1.79. The summed E-state index contributed by atoms with van der Waals surface area (Å²) in [6, 6.07) is 0. The largest absolute Gasteiger partial charge is 0.367 e. The number of nitro groups is 1. The molecule has 0 saturated heterocycles. The highest BCUT2D eigenvalue weighted by Gasteiger charge is 2.29. The first-order valence-corrected chi connectivity index (χ1v) is 5.07. The second kappa shape index (κ2) is 4.46. The molecule has 0 fully saturated rings. The molecule has 0 saturated carbocycles. The molecule has 0 bridgehead atoms. The zero-order valence-corrected chi connectivity index (χ0v) is 9.20. The van der Waals surface area contributed by atoms with Crippen molar-refractivity contribution < 1.29 is 14.5 Å². The predicted molar refractivity (Wildman–Crippen MR) is 57.3 cm³/mol. The molecule has 0 aliphatic carbocycles. The molecule has 0 aromatic carbocycles. The highest BCUT2D eigenvalue weighted by molar-refractivity contribution is 5.90. The Hall–Kier alpha value is -2.02. The number of rotatable bonds is 2. The van der Waals surface area contributed by atoms with Crippen LogP contribution in [0.5, 0.6) is 0 Å². The van der Waals surface area contributed by atoms with Crippen LogP contribution in [0.3, 0.4) is 0 Å². The molecule has 7 nitrogen and oxygen atoms in total. The van der Waals surface area contributed by atoms with Gasteiger partial charge in [0, 0.05) is 13.5 Å². The van der Waals surface area contributed by atoms with Gasteiger partial charge in [0.15, 0.2) is 5.78 Å². The highest BCUT2D eigenvalue weighted by Crippen LogP contribution is 2.30. The van der Waals surface area contributed by atoms with Crippen LogP contribution >= 0.6 is 0 Å². The van der Waals surface area contributed by atoms with Crippen LogP contribution in [0.15, 0.2) is 18.3 Å². The molecule has 1 aromatic heterocycles. The smallest absolute Gasteiger partial charge is 0.312 e. The minimum absolute atomic E-state index is 0.0941. The van der Waals surface area contributed by atoms with Crippen molar-refractivity contribution in [2.24, 2.45) is 7.05 Å². The Morgan fingerprint density at radius 1 is 1.65 bits per heavy atom. The van der Waals surface area contributed by atoms with Gasteiger partial charge in [-0.25, -0.2) is 0 Å². The van der Waals surface area contributed by atoms with Gasteiger partial charge in [0.1, 0.15) is 18.0 Å². The third-order valence-electron chi connectivity index (χ3n) is 2.55. The van der Waals surface area contributed by atoms with Gasteiger partial charge >= 0.3 is 5.69 Å². The van der Waals surface area contributed by atoms with Crippen molar-refractivity contribution in [2.45, 2.75) is 12.5 Å². The lowest BCUT2D eigenvalue weighted by Crippen LogP contribution is -2.13. The summed E-state index contributed by atoms with van der Waals surface area (Å²) >= 11 is 0. The van der Waals surface area contributed by atoms with E-state index < -0.39 is 11.0 Å². The summed E-state index contributed by atoms with van der Waals surface area (Å²) in [5.41, 5.74) is 0.208. The van der Waals surface area contributed by atoms with Gasteiger partial charge in [0.25, 0.3) is 0 Å². The average molecular weight is 237 g/mol. The molecular formula is C10H11N3O4. The van der Waals surface area contributed by atoms with Crippen LogP contribution in [0.4, 0.5) is 5.69 Å². The molecule has 1 aliphatic rings. The molecule has 2 heterocycles. The number of aromatic nitrogens is 2. The molecule has 0 N–H and O–H groups in total. The van der Waals surface area contributed by atoms with Gasteiger partial charge in [-0.3, -0.25) is 19.6 Å². The molecule has 17 heavy (non-hydrogen) atoms. The first kappa shape index (κ1) is 11.5. The fraction of sp³-hybridized carbons (Fsp3) is 0.400. The van der Waals surface area contributed by atoms with Crippen molar-refractivity contribution in [3.8, 4) is 0 Å². The maximum Gasteiger partial charge on any atom is 0.312 e. The number of carbonyl (C=O) groups is 1. The van der Waals surface area contributed by atoms with Gasteiger partial charge in [-0.2, -0.15) is 5.10 Å². The van der Waals surface area contributed by atoms with Gasteiger partial charge in [0.05, 0.1) is 11.5 Å². The van der Waals surface area contributed by atoms with Crippen molar-refractivity contribution in [3.63, 3.8) is 0 Å². The second-order valence-electron chi connectivity index (χ2n) is 3.69. The van der Waals surface area contributed by atoms with E-state index in [-0.39, 0.29) is 24.5 Å². The number of carbonyl (C=O) groups excluding carboxylic acids is 1. The highest BCUT2D eigenvalue weighted by atomic mass is 16.6. The van der Waals surface area contributed by atoms with Crippen molar-refractivity contribution in [1.29, 1.82) is 0 Å². The molecule has 1 aliphatic heterocycles. The minimum atomic E-state index is -0.620. The molecule has 2 rings (SSSR count). The van der Waals surface area contributed by atoms with Crippen molar-refractivity contribution in [3.05, 3.63) is 34.2 Å². The molecule has 1 atom stereocenters.